The van der Waals surface area contributed by atoms with Gasteiger partial charge in [-0.25, -0.2) is 0 Å². The van der Waals surface area contributed by atoms with Gasteiger partial charge in [0.1, 0.15) is 5.76 Å². The van der Waals surface area contributed by atoms with E-state index in [1.165, 1.54) is 0 Å². The second-order valence-corrected chi connectivity index (χ2v) is 6.05. The van der Waals surface area contributed by atoms with E-state index in [-0.39, 0.29) is 5.91 Å². The van der Waals surface area contributed by atoms with Crippen LogP contribution < -0.4 is 5.32 Å². The molecule has 1 aromatic heterocycles. The van der Waals surface area contributed by atoms with E-state index in [0.717, 1.165) is 49.7 Å². The molecular formula is C18H23N3O2. The van der Waals surface area contributed by atoms with Crippen LogP contribution in [0, 0.1) is 6.92 Å². The number of hydrogen-bond donors (Lipinski definition) is 1. The second kappa shape index (κ2) is 7.44. The number of furan rings is 1. The van der Waals surface area contributed by atoms with Crippen LogP contribution in [0.4, 0.5) is 5.69 Å². The van der Waals surface area contributed by atoms with Gasteiger partial charge in [0.2, 0.25) is 5.91 Å². The molecular weight excluding hydrogens is 290 g/mol. The zero-order chi connectivity index (χ0) is 16.1. The Balaban J connectivity index is 1.42. The molecule has 0 bridgehead atoms. The monoisotopic (exact) mass is 313 g/mol. The van der Waals surface area contributed by atoms with Crippen LogP contribution in [0.15, 0.2) is 47.1 Å². The number of amides is 1. The number of nitrogens with one attached hydrogen (secondary N) is 1. The van der Waals surface area contributed by atoms with Gasteiger partial charge in [-0.3, -0.25) is 14.6 Å². The fraction of sp³-hybridized carbons (Fsp3) is 0.389. The smallest absolute Gasteiger partial charge is 0.238 e. The number of rotatable bonds is 5. The van der Waals surface area contributed by atoms with E-state index in [9.17, 15) is 4.79 Å². The summed E-state index contributed by atoms with van der Waals surface area (Å²) in [6, 6.07) is 11.8. The van der Waals surface area contributed by atoms with Crippen LogP contribution in [0.2, 0.25) is 0 Å². The van der Waals surface area contributed by atoms with Crippen molar-refractivity contribution in [2.45, 2.75) is 13.5 Å². The highest BCUT2D eigenvalue weighted by molar-refractivity contribution is 5.92. The van der Waals surface area contributed by atoms with Crippen molar-refractivity contribution >= 4 is 11.6 Å². The topological polar surface area (TPSA) is 48.7 Å². The summed E-state index contributed by atoms with van der Waals surface area (Å²) in [4.78, 5) is 16.7. The summed E-state index contributed by atoms with van der Waals surface area (Å²) in [5.41, 5.74) is 2.01. The summed E-state index contributed by atoms with van der Waals surface area (Å²) < 4.78 is 5.38. The molecule has 1 amide bonds. The van der Waals surface area contributed by atoms with Crippen LogP contribution in [-0.2, 0) is 11.3 Å². The highest BCUT2D eigenvalue weighted by Crippen LogP contribution is 2.11. The Morgan fingerprint density at radius 2 is 1.91 bits per heavy atom. The molecule has 1 saturated heterocycles. The average Bonchev–Trinajstić information content (AvgIpc) is 3.02. The first-order valence-electron chi connectivity index (χ1n) is 8.03. The van der Waals surface area contributed by atoms with Crippen molar-refractivity contribution < 1.29 is 9.21 Å². The van der Waals surface area contributed by atoms with Crippen molar-refractivity contribution in [3.8, 4) is 0 Å². The van der Waals surface area contributed by atoms with Gasteiger partial charge in [-0.1, -0.05) is 12.1 Å². The molecule has 2 heterocycles. The zero-order valence-electron chi connectivity index (χ0n) is 13.5. The molecule has 23 heavy (non-hydrogen) atoms. The van der Waals surface area contributed by atoms with E-state index in [0.29, 0.717) is 6.54 Å². The van der Waals surface area contributed by atoms with E-state index in [1.807, 2.05) is 43.3 Å². The largest absolute Gasteiger partial charge is 0.468 e. The van der Waals surface area contributed by atoms with Gasteiger partial charge in [-0.2, -0.15) is 0 Å². The number of carbonyl (C=O) groups is 1. The van der Waals surface area contributed by atoms with Gasteiger partial charge >= 0.3 is 0 Å². The van der Waals surface area contributed by atoms with Crippen molar-refractivity contribution in [2.24, 2.45) is 0 Å². The molecule has 5 heteroatoms. The average molecular weight is 313 g/mol. The lowest BCUT2D eigenvalue weighted by Gasteiger charge is -2.33. The SMILES string of the molecule is Cc1cccc(NC(=O)CN2CCN(Cc3ccco3)CC2)c1. The quantitative estimate of drug-likeness (QED) is 0.920. The predicted molar refractivity (Wildman–Crippen MR) is 90.2 cm³/mol. The lowest BCUT2D eigenvalue weighted by molar-refractivity contribution is -0.117. The number of benzene rings is 1. The summed E-state index contributed by atoms with van der Waals surface area (Å²) in [6.07, 6.45) is 1.71. The van der Waals surface area contributed by atoms with Gasteiger partial charge in [0.15, 0.2) is 0 Å². The molecule has 1 fully saturated rings. The third-order valence-electron chi connectivity index (χ3n) is 4.09. The van der Waals surface area contributed by atoms with Crippen molar-refractivity contribution in [2.75, 3.05) is 38.0 Å². The van der Waals surface area contributed by atoms with E-state index in [1.54, 1.807) is 6.26 Å². The fourth-order valence-corrected chi connectivity index (χ4v) is 2.85. The number of hydrogen-bond acceptors (Lipinski definition) is 4. The van der Waals surface area contributed by atoms with Gasteiger partial charge in [0, 0.05) is 31.9 Å². The van der Waals surface area contributed by atoms with E-state index in [2.05, 4.69) is 15.1 Å². The van der Waals surface area contributed by atoms with Crippen molar-refractivity contribution in [1.82, 2.24) is 9.80 Å². The van der Waals surface area contributed by atoms with Crippen molar-refractivity contribution in [1.29, 1.82) is 0 Å². The Bertz CT molecular complexity index is 631. The van der Waals surface area contributed by atoms with Crippen LogP contribution in [0.5, 0.6) is 0 Å². The number of piperazine rings is 1. The molecule has 1 aliphatic rings. The first-order valence-corrected chi connectivity index (χ1v) is 8.03. The highest BCUT2D eigenvalue weighted by atomic mass is 16.3. The first kappa shape index (κ1) is 15.8. The van der Waals surface area contributed by atoms with Gasteiger partial charge in [-0.15, -0.1) is 0 Å². The van der Waals surface area contributed by atoms with E-state index >= 15 is 0 Å². The highest BCUT2D eigenvalue weighted by Gasteiger charge is 2.19. The molecule has 0 spiro atoms. The van der Waals surface area contributed by atoms with Crippen LogP contribution in [0.1, 0.15) is 11.3 Å². The summed E-state index contributed by atoms with van der Waals surface area (Å²) in [6.45, 7) is 7.04. The summed E-state index contributed by atoms with van der Waals surface area (Å²) in [7, 11) is 0. The van der Waals surface area contributed by atoms with Crippen LogP contribution in [0.3, 0.4) is 0 Å². The normalized spacial score (nSPS) is 16.4. The summed E-state index contributed by atoms with van der Waals surface area (Å²) in [5.74, 6) is 1.05. The first-order chi connectivity index (χ1) is 11.2. The molecule has 0 unspecified atom stereocenters. The third-order valence-corrected chi connectivity index (χ3v) is 4.09. The lowest BCUT2D eigenvalue weighted by atomic mass is 10.2. The fourth-order valence-electron chi connectivity index (χ4n) is 2.85. The lowest BCUT2D eigenvalue weighted by Crippen LogP contribution is -2.48. The Kier molecular flexibility index (Phi) is 5.10. The molecule has 0 saturated carbocycles. The van der Waals surface area contributed by atoms with Crippen LogP contribution >= 0.6 is 0 Å². The van der Waals surface area contributed by atoms with Crippen molar-refractivity contribution in [3.05, 3.63) is 54.0 Å². The second-order valence-electron chi connectivity index (χ2n) is 6.05. The minimum Gasteiger partial charge on any atom is -0.468 e. The van der Waals surface area contributed by atoms with E-state index < -0.39 is 0 Å². The molecule has 122 valence electrons. The van der Waals surface area contributed by atoms with E-state index in [4.69, 9.17) is 4.42 Å². The number of nitrogens with zero attached hydrogens (tertiary/aromatic N) is 2. The van der Waals surface area contributed by atoms with Gasteiger partial charge in [0.05, 0.1) is 19.4 Å². The number of anilines is 1. The molecule has 0 radical (unpaired) electrons. The molecule has 3 rings (SSSR count). The predicted octanol–water partition coefficient (Wildman–Crippen LogP) is 2.34. The molecule has 5 nitrogen and oxygen atoms in total. The minimum atomic E-state index is 0.0510. The van der Waals surface area contributed by atoms with Crippen LogP contribution in [-0.4, -0.2) is 48.4 Å². The molecule has 2 aromatic rings. The van der Waals surface area contributed by atoms with Crippen molar-refractivity contribution in [3.63, 3.8) is 0 Å². The van der Waals surface area contributed by atoms with Gasteiger partial charge in [-0.05, 0) is 36.8 Å². The Labute approximate surface area is 136 Å². The summed E-state index contributed by atoms with van der Waals surface area (Å²) >= 11 is 0. The maximum atomic E-state index is 12.1. The molecule has 0 atom stereocenters. The number of carbonyl (C=O) groups excluding carboxylic acids is 1. The molecule has 0 aliphatic carbocycles. The zero-order valence-corrected chi connectivity index (χ0v) is 13.5. The Hall–Kier alpha value is -2.11. The third kappa shape index (κ3) is 4.68. The number of aryl methyl sites for hydroxylation is 1. The molecule has 1 N–H and O–H groups in total. The van der Waals surface area contributed by atoms with Gasteiger partial charge < -0.3 is 9.73 Å². The summed E-state index contributed by atoms with van der Waals surface area (Å²) in [5, 5.41) is 2.97. The van der Waals surface area contributed by atoms with Crippen LogP contribution in [0.25, 0.3) is 0 Å². The molecule has 1 aromatic carbocycles. The maximum Gasteiger partial charge on any atom is 0.238 e. The van der Waals surface area contributed by atoms with Gasteiger partial charge in [0.25, 0.3) is 0 Å². The standard InChI is InChI=1S/C18H23N3O2/c1-15-4-2-5-16(12-15)19-18(22)14-21-9-7-20(8-10-21)13-17-6-3-11-23-17/h2-6,11-12H,7-10,13-14H2,1H3,(H,19,22). The minimum absolute atomic E-state index is 0.0510. The molecule has 1 aliphatic heterocycles. The Morgan fingerprint density at radius 1 is 1.13 bits per heavy atom. The Morgan fingerprint density at radius 3 is 2.61 bits per heavy atom. The maximum absolute atomic E-state index is 12.1.